The molecule has 1 aromatic rings. The molecule has 1 amide bonds. The normalized spacial score (nSPS) is 11.2. The Morgan fingerprint density at radius 3 is 2.68 bits per heavy atom. The molecular weight excluding hydrogens is 283 g/mol. The van der Waals surface area contributed by atoms with Gasteiger partial charge in [-0.25, -0.2) is 0 Å². The number of aryl methyl sites for hydroxylation is 1. The molecule has 0 unspecified atom stereocenters. The van der Waals surface area contributed by atoms with Crippen molar-refractivity contribution in [3.63, 3.8) is 0 Å². The van der Waals surface area contributed by atoms with Gasteiger partial charge in [-0.3, -0.25) is 4.79 Å². The highest BCUT2D eigenvalue weighted by atomic mass is 35.5. The molecule has 0 atom stereocenters. The van der Waals surface area contributed by atoms with Gasteiger partial charge in [-0.1, -0.05) is 6.07 Å². The molecule has 1 rings (SSSR count). The number of rotatable bonds is 5. The van der Waals surface area contributed by atoms with Crippen molar-refractivity contribution >= 4 is 23.2 Å². The number of hydrogen-bond donors (Lipinski definition) is 1. The number of carbonyl (C=O) groups is 1. The van der Waals surface area contributed by atoms with Crippen LogP contribution in [0.15, 0.2) is 18.2 Å². The zero-order chi connectivity index (χ0) is 14.5. The third-order valence-corrected chi connectivity index (χ3v) is 2.42. The van der Waals surface area contributed by atoms with E-state index in [-0.39, 0.29) is 11.6 Å². The second-order valence-electron chi connectivity index (χ2n) is 3.90. The topological polar surface area (TPSA) is 38.3 Å². The first-order valence-corrected chi connectivity index (χ1v) is 6.01. The van der Waals surface area contributed by atoms with Crippen LogP contribution in [0.5, 0.6) is 5.75 Å². The Kier molecular flexibility index (Phi) is 5.47. The van der Waals surface area contributed by atoms with E-state index in [1.54, 1.807) is 19.1 Å². The molecule has 0 heterocycles. The summed E-state index contributed by atoms with van der Waals surface area (Å²) < 4.78 is 41.1. The SMILES string of the molecule is Cc1ccc(OCCC(F)(F)F)c(NC(=O)CCl)c1. The molecule has 0 aliphatic heterocycles. The summed E-state index contributed by atoms with van der Waals surface area (Å²) in [6, 6.07) is 4.79. The van der Waals surface area contributed by atoms with Gasteiger partial charge in [0.25, 0.3) is 0 Å². The largest absolute Gasteiger partial charge is 0.491 e. The van der Waals surface area contributed by atoms with Crippen molar-refractivity contribution in [2.24, 2.45) is 0 Å². The van der Waals surface area contributed by atoms with E-state index in [1.165, 1.54) is 6.07 Å². The van der Waals surface area contributed by atoms with Crippen LogP contribution in [0.4, 0.5) is 18.9 Å². The third-order valence-electron chi connectivity index (χ3n) is 2.17. The zero-order valence-electron chi connectivity index (χ0n) is 10.2. The van der Waals surface area contributed by atoms with E-state index in [9.17, 15) is 18.0 Å². The number of benzene rings is 1. The average molecular weight is 296 g/mol. The Morgan fingerprint density at radius 1 is 1.42 bits per heavy atom. The van der Waals surface area contributed by atoms with Crippen molar-refractivity contribution in [3.05, 3.63) is 23.8 Å². The van der Waals surface area contributed by atoms with Gasteiger partial charge >= 0.3 is 6.18 Å². The Hall–Kier alpha value is -1.43. The van der Waals surface area contributed by atoms with Crippen LogP contribution in [0.25, 0.3) is 0 Å². The molecule has 0 spiro atoms. The minimum absolute atomic E-state index is 0.188. The highest BCUT2D eigenvalue weighted by molar-refractivity contribution is 6.29. The van der Waals surface area contributed by atoms with Gasteiger partial charge in [0.15, 0.2) is 0 Å². The van der Waals surface area contributed by atoms with Crippen molar-refractivity contribution in [1.29, 1.82) is 0 Å². The lowest BCUT2D eigenvalue weighted by Gasteiger charge is -2.13. The lowest BCUT2D eigenvalue weighted by atomic mass is 10.2. The molecule has 106 valence electrons. The highest BCUT2D eigenvalue weighted by Crippen LogP contribution is 2.27. The van der Waals surface area contributed by atoms with Gasteiger partial charge in [-0.2, -0.15) is 13.2 Å². The summed E-state index contributed by atoms with van der Waals surface area (Å²) in [5.41, 5.74) is 1.15. The number of alkyl halides is 4. The van der Waals surface area contributed by atoms with Crippen molar-refractivity contribution in [1.82, 2.24) is 0 Å². The first-order chi connectivity index (χ1) is 8.81. The number of carbonyl (C=O) groups excluding carboxylic acids is 1. The number of anilines is 1. The van der Waals surface area contributed by atoms with E-state index < -0.39 is 25.1 Å². The van der Waals surface area contributed by atoms with Crippen LogP contribution in [0.3, 0.4) is 0 Å². The van der Waals surface area contributed by atoms with Gasteiger partial charge in [0.05, 0.1) is 18.7 Å². The Bertz CT molecular complexity index is 449. The van der Waals surface area contributed by atoms with E-state index in [0.717, 1.165) is 5.56 Å². The van der Waals surface area contributed by atoms with Crippen LogP contribution in [-0.2, 0) is 4.79 Å². The zero-order valence-corrected chi connectivity index (χ0v) is 10.9. The second-order valence-corrected chi connectivity index (χ2v) is 4.16. The smallest absolute Gasteiger partial charge is 0.392 e. The molecule has 19 heavy (non-hydrogen) atoms. The summed E-state index contributed by atoms with van der Waals surface area (Å²) in [5.74, 6) is -0.503. The Morgan fingerprint density at radius 2 is 2.11 bits per heavy atom. The van der Waals surface area contributed by atoms with Crippen LogP contribution >= 0.6 is 11.6 Å². The molecule has 1 aromatic carbocycles. The Labute approximate surface area is 113 Å². The monoisotopic (exact) mass is 295 g/mol. The maximum absolute atomic E-state index is 12.0. The summed E-state index contributed by atoms with van der Waals surface area (Å²) in [5, 5.41) is 2.47. The summed E-state index contributed by atoms with van der Waals surface area (Å²) in [6.07, 6.45) is -5.33. The van der Waals surface area contributed by atoms with Crippen molar-refractivity contribution in [2.75, 3.05) is 17.8 Å². The molecule has 0 radical (unpaired) electrons. The highest BCUT2D eigenvalue weighted by Gasteiger charge is 2.27. The summed E-state index contributed by atoms with van der Waals surface area (Å²) in [7, 11) is 0. The second kappa shape index (κ2) is 6.65. The van der Waals surface area contributed by atoms with Crippen molar-refractivity contribution < 1.29 is 22.7 Å². The molecular formula is C12H13ClF3NO2. The first kappa shape index (κ1) is 15.6. The maximum Gasteiger partial charge on any atom is 0.392 e. The molecule has 0 aliphatic carbocycles. The molecule has 0 bridgehead atoms. The van der Waals surface area contributed by atoms with Crippen LogP contribution in [-0.4, -0.2) is 24.6 Å². The fraction of sp³-hybridized carbons (Fsp3) is 0.417. The fourth-order valence-corrected chi connectivity index (χ4v) is 1.39. The van der Waals surface area contributed by atoms with Gasteiger partial charge in [0, 0.05) is 0 Å². The van der Waals surface area contributed by atoms with Crippen LogP contribution in [0.1, 0.15) is 12.0 Å². The Balaban J connectivity index is 2.73. The molecule has 3 nitrogen and oxygen atoms in total. The lowest BCUT2D eigenvalue weighted by molar-refractivity contribution is -0.139. The average Bonchev–Trinajstić information content (AvgIpc) is 2.30. The van der Waals surface area contributed by atoms with Gasteiger partial charge in [0.1, 0.15) is 11.6 Å². The maximum atomic E-state index is 12.0. The first-order valence-electron chi connectivity index (χ1n) is 5.48. The van der Waals surface area contributed by atoms with E-state index >= 15 is 0 Å². The van der Waals surface area contributed by atoms with E-state index in [2.05, 4.69) is 5.32 Å². The minimum atomic E-state index is -4.27. The van der Waals surface area contributed by atoms with Gasteiger partial charge in [-0.05, 0) is 24.6 Å². The predicted molar refractivity (Wildman–Crippen MR) is 66.7 cm³/mol. The van der Waals surface area contributed by atoms with Crippen LogP contribution in [0, 0.1) is 6.92 Å². The third kappa shape index (κ3) is 5.83. The number of halogens is 4. The predicted octanol–water partition coefficient (Wildman–Crippen LogP) is 3.50. The number of ether oxygens (including phenoxy) is 1. The molecule has 7 heteroatoms. The van der Waals surface area contributed by atoms with E-state index in [1.807, 2.05) is 0 Å². The number of nitrogens with one attached hydrogen (secondary N) is 1. The van der Waals surface area contributed by atoms with Gasteiger partial charge in [-0.15, -0.1) is 11.6 Å². The lowest BCUT2D eigenvalue weighted by Crippen LogP contribution is -2.16. The fourth-order valence-electron chi connectivity index (χ4n) is 1.33. The molecule has 0 saturated carbocycles. The molecule has 1 N–H and O–H groups in total. The van der Waals surface area contributed by atoms with Crippen molar-refractivity contribution in [2.45, 2.75) is 19.5 Å². The standard InChI is InChI=1S/C12H13ClF3NO2/c1-8-2-3-10(19-5-4-12(14,15)16)9(6-8)17-11(18)7-13/h2-3,6H,4-5,7H2,1H3,(H,17,18). The van der Waals surface area contributed by atoms with Crippen molar-refractivity contribution in [3.8, 4) is 5.75 Å². The van der Waals surface area contributed by atoms with Crippen LogP contribution < -0.4 is 10.1 Å². The molecule has 0 fully saturated rings. The summed E-state index contributed by atoms with van der Waals surface area (Å²) >= 11 is 5.36. The molecule has 0 aliphatic rings. The number of amides is 1. The quantitative estimate of drug-likeness (QED) is 0.844. The van der Waals surface area contributed by atoms with E-state index in [4.69, 9.17) is 16.3 Å². The molecule has 0 aromatic heterocycles. The summed E-state index contributed by atoms with van der Waals surface area (Å²) in [4.78, 5) is 11.2. The van der Waals surface area contributed by atoms with Crippen LogP contribution in [0.2, 0.25) is 0 Å². The van der Waals surface area contributed by atoms with Gasteiger partial charge in [0.2, 0.25) is 5.91 Å². The molecule has 0 saturated heterocycles. The number of hydrogen-bond acceptors (Lipinski definition) is 2. The summed E-state index contributed by atoms with van der Waals surface area (Å²) in [6.45, 7) is 1.28. The minimum Gasteiger partial charge on any atom is -0.491 e. The van der Waals surface area contributed by atoms with E-state index in [0.29, 0.717) is 5.69 Å². The van der Waals surface area contributed by atoms with Gasteiger partial charge < -0.3 is 10.1 Å².